The van der Waals surface area contributed by atoms with Gasteiger partial charge in [0.05, 0.1) is 0 Å². The number of nitrogens with zero attached hydrogens (tertiary/aromatic N) is 1. The van der Waals surface area contributed by atoms with Crippen molar-refractivity contribution >= 4 is 11.9 Å². The molecule has 0 unspecified atom stereocenters. The molecule has 8 nitrogen and oxygen atoms in total. The van der Waals surface area contributed by atoms with Crippen molar-refractivity contribution in [3.8, 4) is 11.5 Å². The summed E-state index contributed by atoms with van der Waals surface area (Å²) >= 11 is 0. The summed E-state index contributed by atoms with van der Waals surface area (Å²) in [4.78, 5) is 23.0. The van der Waals surface area contributed by atoms with Crippen LogP contribution in [0.1, 0.15) is 16.1 Å². The quantitative estimate of drug-likeness (QED) is 0.501. The van der Waals surface area contributed by atoms with Crippen LogP contribution in [0.5, 0.6) is 11.5 Å². The fourth-order valence-electron chi connectivity index (χ4n) is 1.75. The van der Waals surface area contributed by atoms with Gasteiger partial charge in [0.15, 0.2) is 11.5 Å². The molecule has 0 saturated heterocycles. The van der Waals surface area contributed by atoms with E-state index in [4.69, 9.17) is 5.11 Å². The van der Waals surface area contributed by atoms with Gasteiger partial charge < -0.3 is 20.6 Å². The highest BCUT2D eigenvalue weighted by Gasteiger charge is 2.22. The number of phenolic OH excluding ortho intramolecular Hbond substituents is 2. The number of carboxylic acid groups (broad SMARTS) is 1. The molecule has 2 aromatic rings. The number of aromatic nitrogens is 2. The zero-order valence-electron chi connectivity index (χ0n) is 10.8. The summed E-state index contributed by atoms with van der Waals surface area (Å²) in [6.07, 6.45) is 1.34. The smallest absolute Gasteiger partial charge is 0.326 e. The van der Waals surface area contributed by atoms with Crippen molar-refractivity contribution in [2.45, 2.75) is 12.5 Å². The molecule has 0 aliphatic heterocycles. The Balaban J connectivity index is 2.10. The molecular formula is C13H13N3O5. The number of benzene rings is 1. The third-order valence-corrected chi connectivity index (χ3v) is 2.83. The third kappa shape index (κ3) is 3.50. The van der Waals surface area contributed by atoms with E-state index < -0.39 is 17.9 Å². The second kappa shape index (κ2) is 5.95. The summed E-state index contributed by atoms with van der Waals surface area (Å²) < 4.78 is 0. The first-order valence-electron chi connectivity index (χ1n) is 6.01. The number of hydrogen-bond donors (Lipinski definition) is 5. The Kier molecular flexibility index (Phi) is 4.07. The van der Waals surface area contributed by atoms with Crippen LogP contribution in [0, 0.1) is 0 Å². The predicted molar refractivity (Wildman–Crippen MR) is 71.0 cm³/mol. The van der Waals surface area contributed by atoms with Gasteiger partial charge in [0, 0.05) is 12.6 Å². The summed E-state index contributed by atoms with van der Waals surface area (Å²) in [5.41, 5.74) is 0.609. The van der Waals surface area contributed by atoms with Gasteiger partial charge in [0.2, 0.25) is 0 Å². The van der Waals surface area contributed by atoms with Gasteiger partial charge in [-0.2, -0.15) is 5.10 Å². The number of hydrogen-bond acceptors (Lipinski definition) is 5. The van der Waals surface area contributed by atoms with Crippen molar-refractivity contribution in [2.24, 2.45) is 0 Å². The average Bonchev–Trinajstić information content (AvgIpc) is 2.96. The van der Waals surface area contributed by atoms with Crippen LogP contribution in [0.2, 0.25) is 0 Å². The van der Waals surface area contributed by atoms with E-state index in [1.54, 1.807) is 0 Å². The maximum atomic E-state index is 11.8. The lowest BCUT2D eigenvalue weighted by molar-refractivity contribution is -0.139. The molecule has 1 heterocycles. The van der Waals surface area contributed by atoms with Crippen LogP contribution in [0.3, 0.4) is 0 Å². The summed E-state index contributed by atoms with van der Waals surface area (Å²) in [5.74, 6) is -2.46. The third-order valence-electron chi connectivity index (χ3n) is 2.83. The fourth-order valence-corrected chi connectivity index (χ4v) is 1.75. The lowest BCUT2D eigenvalue weighted by atomic mass is 10.1. The summed E-state index contributed by atoms with van der Waals surface area (Å²) in [7, 11) is 0. The van der Waals surface area contributed by atoms with E-state index in [1.807, 2.05) is 0 Å². The van der Waals surface area contributed by atoms with Crippen molar-refractivity contribution < 1.29 is 24.9 Å². The van der Waals surface area contributed by atoms with Crippen molar-refractivity contribution in [2.75, 3.05) is 0 Å². The van der Waals surface area contributed by atoms with Gasteiger partial charge >= 0.3 is 5.97 Å². The Labute approximate surface area is 119 Å². The largest absolute Gasteiger partial charge is 0.504 e. The van der Waals surface area contributed by atoms with Crippen molar-refractivity contribution in [3.05, 3.63) is 41.7 Å². The molecule has 0 bridgehead atoms. The molecule has 0 spiro atoms. The van der Waals surface area contributed by atoms with Crippen molar-refractivity contribution in [3.63, 3.8) is 0 Å². The molecule has 0 aliphatic carbocycles. The molecule has 1 atom stereocenters. The molecular weight excluding hydrogens is 278 g/mol. The van der Waals surface area contributed by atoms with Gasteiger partial charge in [0.1, 0.15) is 11.7 Å². The highest BCUT2D eigenvalue weighted by molar-refractivity contribution is 5.94. The van der Waals surface area contributed by atoms with Gasteiger partial charge in [-0.05, 0) is 23.8 Å². The van der Waals surface area contributed by atoms with Gasteiger partial charge in [-0.15, -0.1) is 0 Å². The van der Waals surface area contributed by atoms with Crippen LogP contribution in [-0.2, 0) is 11.2 Å². The second-order valence-electron chi connectivity index (χ2n) is 4.36. The minimum absolute atomic E-state index is 0.0386. The molecule has 21 heavy (non-hydrogen) atoms. The Morgan fingerprint density at radius 1 is 1.24 bits per heavy atom. The first-order valence-corrected chi connectivity index (χ1v) is 6.01. The van der Waals surface area contributed by atoms with Crippen LogP contribution >= 0.6 is 0 Å². The van der Waals surface area contributed by atoms with Gasteiger partial charge in [-0.3, -0.25) is 9.89 Å². The van der Waals surface area contributed by atoms with E-state index in [0.717, 1.165) is 0 Å². The highest BCUT2D eigenvalue weighted by Crippen LogP contribution is 2.25. The van der Waals surface area contributed by atoms with Crippen LogP contribution in [0.25, 0.3) is 0 Å². The zero-order chi connectivity index (χ0) is 15.4. The van der Waals surface area contributed by atoms with Crippen LogP contribution in [0.15, 0.2) is 30.5 Å². The normalized spacial score (nSPS) is 11.8. The van der Waals surface area contributed by atoms with Crippen molar-refractivity contribution in [1.29, 1.82) is 0 Å². The number of H-pyrrole nitrogens is 1. The van der Waals surface area contributed by atoms with Crippen molar-refractivity contribution in [1.82, 2.24) is 15.5 Å². The van der Waals surface area contributed by atoms with E-state index >= 15 is 0 Å². The number of carboxylic acids is 1. The van der Waals surface area contributed by atoms with Gasteiger partial charge in [0.25, 0.3) is 5.91 Å². The summed E-state index contributed by atoms with van der Waals surface area (Å²) in [5, 5.41) is 36.1. The van der Waals surface area contributed by atoms with Crippen LogP contribution < -0.4 is 5.32 Å². The summed E-state index contributed by atoms with van der Waals surface area (Å²) in [6.45, 7) is 0. The van der Waals surface area contributed by atoms with E-state index in [0.29, 0.717) is 5.56 Å². The van der Waals surface area contributed by atoms with Crippen LogP contribution in [0.4, 0.5) is 0 Å². The number of rotatable bonds is 5. The second-order valence-corrected chi connectivity index (χ2v) is 4.36. The van der Waals surface area contributed by atoms with E-state index in [9.17, 15) is 19.8 Å². The molecule has 0 aliphatic rings. The number of aromatic hydroxyl groups is 2. The number of aliphatic carboxylic acids is 1. The Hall–Kier alpha value is -3.03. The topological polar surface area (TPSA) is 136 Å². The molecule has 1 amide bonds. The Morgan fingerprint density at radius 2 is 2.00 bits per heavy atom. The Morgan fingerprint density at radius 3 is 2.57 bits per heavy atom. The van der Waals surface area contributed by atoms with E-state index in [-0.39, 0.29) is 23.6 Å². The number of amides is 1. The number of aromatic amines is 1. The highest BCUT2D eigenvalue weighted by atomic mass is 16.4. The van der Waals surface area contributed by atoms with E-state index in [2.05, 4.69) is 15.5 Å². The predicted octanol–water partition coefficient (Wildman–Crippen LogP) is 0.247. The molecule has 1 aromatic heterocycles. The van der Waals surface area contributed by atoms with Crippen LogP contribution in [-0.4, -0.2) is 43.4 Å². The molecule has 5 N–H and O–H groups in total. The maximum Gasteiger partial charge on any atom is 0.326 e. The lowest BCUT2D eigenvalue weighted by Gasteiger charge is -2.14. The summed E-state index contributed by atoms with van der Waals surface area (Å²) in [6, 6.07) is 4.20. The first-order chi connectivity index (χ1) is 9.97. The molecule has 8 heteroatoms. The molecule has 0 fully saturated rings. The number of phenols is 2. The number of carbonyl (C=O) groups excluding carboxylic acids is 1. The Bertz CT molecular complexity index is 654. The zero-order valence-corrected chi connectivity index (χ0v) is 10.8. The SMILES string of the molecule is O=C(N[C@@H](Cc1ccc(O)c(O)c1)C(=O)O)c1ccn[nH]1. The van der Waals surface area contributed by atoms with Gasteiger partial charge in [-0.1, -0.05) is 6.07 Å². The number of nitrogens with one attached hydrogen (secondary N) is 2. The standard InChI is InChI=1S/C13H13N3O5/c17-10-2-1-7(6-11(10)18)5-9(13(20)21)15-12(19)8-3-4-14-16-8/h1-4,6,9,17-18H,5H2,(H,14,16)(H,15,19)(H,20,21)/t9-/m0/s1. The molecule has 0 radical (unpaired) electrons. The number of carbonyl (C=O) groups is 2. The lowest BCUT2D eigenvalue weighted by Crippen LogP contribution is -2.42. The average molecular weight is 291 g/mol. The monoisotopic (exact) mass is 291 g/mol. The molecule has 0 saturated carbocycles. The minimum atomic E-state index is -1.21. The maximum absolute atomic E-state index is 11.8. The fraction of sp³-hybridized carbons (Fsp3) is 0.154. The first kappa shape index (κ1) is 14.4. The van der Waals surface area contributed by atoms with E-state index in [1.165, 1.54) is 30.5 Å². The molecule has 1 aromatic carbocycles. The molecule has 2 rings (SSSR count). The molecule has 110 valence electrons. The van der Waals surface area contributed by atoms with Gasteiger partial charge in [-0.25, -0.2) is 4.79 Å². The minimum Gasteiger partial charge on any atom is -0.504 e.